The van der Waals surface area contributed by atoms with Crippen LogP contribution in [0.3, 0.4) is 0 Å². The molecule has 0 heterocycles. The fourth-order valence-corrected chi connectivity index (χ4v) is 3.42. The summed E-state index contributed by atoms with van der Waals surface area (Å²) in [5, 5.41) is 24.7. The molecule has 1 saturated carbocycles. The zero-order chi connectivity index (χ0) is 22.4. The number of ether oxygens (including phenoxy) is 1. The fraction of sp³-hybridized carbons (Fsp3) is 0.762. The Morgan fingerprint density at radius 1 is 1.30 bits per heavy atom. The van der Waals surface area contributed by atoms with E-state index in [2.05, 4.69) is 9.85 Å². The molecule has 0 aromatic carbocycles. The third-order valence-corrected chi connectivity index (χ3v) is 5.22. The Hall–Kier alpha value is -1.21. The second-order valence-corrected chi connectivity index (χ2v) is 7.29. The molecule has 0 aromatic heterocycles. The number of hydrogen-bond donors (Lipinski definition) is 4. The van der Waals surface area contributed by atoms with Crippen molar-refractivity contribution >= 4 is 5.97 Å². The van der Waals surface area contributed by atoms with Crippen LogP contribution < -0.4 is 0 Å². The van der Waals surface area contributed by atoms with Crippen molar-refractivity contribution in [3.8, 4) is 0 Å². The number of aliphatic hydroxyl groups is 4. The number of carbonyl (C=O) groups is 1. The van der Waals surface area contributed by atoms with Crippen LogP contribution in [0.1, 0.15) is 58.3 Å². The topological polar surface area (TPSA) is 107 Å². The summed E-state index contributed by atoms with van der Waals surface area (Å²) in [6.45, 7) is 1.94. The van der Waals surface area contributed by atoms with Crippen molar-refractivity contribution in [3.63, 3.8) is 0 Å². The first-order chi connectivity index (χ1) is 14.5. The number of hydrogen-bond acceptors (Lipinski definition) is 6. The van der Waals surface area contributed by atoms with Gasteiger partial charge >= 0.3 is 5.97 Å². The van der Waals surface area contributed by atoms with E-state index >= 15 is 0 Å². The largest absolute Gasteiger partial charge is 0.469 e. The lowest BCUT2D eigenvalue weighted by atomic mass is 9.89. The number of carbonyl (C=O) groups excluding carboxylic acids is 1. The van der Waals surface area contributed by atoms with E-state index in [1.54, 1.807) is 6.08 Å². The van der Waals surface area contributed by atoms with Gasteiger partial charge in [0.1, 0.15) is 0 Å². The second kappa shape index (κ2) is 13.0. The maximum Gasteiger partial charge on any atom is 0.305 e. The average molecular weight is 391 g/mol. The Kier molecular flexibility index (Phi) is 9.24. The standard InChI is InChI=1S/C21H36O6/c1-3-15(22)10-11-16(23)12-13-18-17(19(24)14-20(18)25)8-6-4-5-7-9-21(26)27-2/h4,6,12-13,15-20,22-25H,3,5,7-11,14H2,1-2H3/t15?,16?,17-,18+,19+,20-/m1/s1/i22T,23T,25T. The van der Waals surface area contributed by atoms with Crippen molar-refractivity contribution < 1.29 is 30.0 Å². The van der Waals surface area contributed by atoms with Crippen LogP contribution in [0.25, 0.3) is 0 Å². The minimum atomic E-state index is -0.578. The summed E-state index contributed by atoms with van der Waals surface area (Å²) in [6.07, 6.45) is 10.7. The lowest BCUT2D eigenvalue weighted by molar-refractivity contribution is -0.140. The third kappa shape index (κ3) is 9.02. The molecule has 156 valence electrons. The van der Waals surface area contributed by atoms with Gasteiger partial charge in [-0.15, -0.1) is 0 Å². The normalized spacial score (nSPS) is 29.5. The Bertz CT molecular complexity index is 527. The van der Waals surface area contributed by atoms with E-state index in [0.717, 1.165) is 12.8 Å². The average Bonchev–Trinajstić information content (AvgIpc) is 3.07. The molecule has 6 heteroatoms. The Morgan fingerprint density at radius 3 is 2.81 bits per heavy atom. The number of rotatable bonds is 15. The lowest BCUT2D eigenvalue weighted by Gasteiger charge is -2.19. The molecule has 0 saturated heterocycles. The number of esters is 1. The van der Waals surface area contributed by atoms with E-state index in [-0.39, 0.29) is 23.9 Å². The van der Waals surface area contributed by atoms with E-state index < -0.39 is 18.3 Å². The molecule has 0 aliphatic heterocycles. The molecule has 0 bridgehead atoms. The molecule has 1 aliphatic carbocycles. The van der Waals surface area contributed by atoms with Crippen LogP contribution in [-0.2, 0) is 9.53 Å². The lowest BCUT2D eigenvalue weighted by Crippen LogP contribution is -2.20. The molecule has 0 radical (unpaired) electrons. The SMILES string of the molecule is [3H]OC(C=C[C@H]1[C@@H](CC=CCCCC(=O)OC)[C@@H](O)C[C@H]1O[3H])CCC(CC)O[3H]. The molecule has 4 N–H and O–H groups in total. The highest BCUT2D eigenvalue weighted by molar-refractivity contribution is 5.69. The van der Waals surface area contributed by atoms with Gasteiger partial charge in [-0.1, -0.05) is 31.2 Å². The summed E-state index contributed by atoms with van der Waals surface area (Å²) in [4.78, 5) is 11.1. The van der Waals surface area contributed by atoms with Crippen LogP contribution >= 0.6 is 0 Å². The molecule has 1 rings (SSSR count). The van der Waals surface area contributed by atoms with Crippen molar-refractivity contribution in [1.82, 2.24) is 0 Å². The van der Waals surface area contributed by atoms with Gasteiger partial charge in [0.25, 0.3) is 0 Å². The quantitative estimate of drug-likeness (QED) is 0.194. The van der Waals surface area contributed by atoms with Gasteiger partial charge in [-0.05, 0) is 44.4 Å². The van der Waals surface area contributed by atoms with Crippen molar-refractivity contribution in [1.29, 1.82) is 4.29 Å². The molecule has 0 amide bonds. The van der Waals surface area contributed by atoms with Crippen molar-refractivity contribution in [2.45, 2.75) is 82.7 Å². The minimum absolute atomic E-state index is 0.0974. The van der Waals surface area contributed by atoms with Crippen LogP contribution in [-0.4, -0.2) is 62.2 Å². The van der Waals surface area contributed by atoms with Gasteiger partial charge in [-0.2, -0.15) is 0 Å². The number of methoxy groups -OCH3 is 1. The summed E-state index contributed by atoms with van der Waals surface area (Å²) >= 11 is 0. The maximum absolute atomic E-state index is 11.1. The third-order valence-electron chi connectivity index (χ3n) is 5.22. The second-order valence-electron chi connectivity index (χ2n) is 7.29. The molecule has 1 aliphatic rings. The summed E-state index contributed by atoms with van der Waals surface area (Å²) in [5.74, 6) is -0.481. The van der Waals surface area contributed by atoms with Crippen molar-refractivity contribution in [2.24, 2.45) is 11.8 Å². The summed E-state index contributed by atoms with van der Waals surface area (Å²) < 4.78 is 26.3. The predicted octanol–water partition coefficient (Wildman–Crippen LogP) is 2.10. The van der Waals surface area contributed by atoms with Crippen molar-refractivity contribution in [2.75, 3.05) is 7.11 Å². The molecular formula is C21H36O6. The first-order valence-corrected chi connectivity index (χ1v) is 9.94. The Morgan fingerprint density at radius 2 is 2.15 bits per heavy atom. The summed E-state index contributed by atoms with van der Waals surface area (Å²) in [6, 6.07) is 0. The summed E-state index contributed by atoms with van der Waals surface area (Å²) in [5.41, 5.74) is 0. The van der Waals surface area contributed by atoms with Crippen LogP contribution in [0, 0.1) is 11.8 Å². The van der Waals surface area contributed by atoms with Crippen LogP contribution in [0.2, 0.25) is 0 Å². The molecule has 2 unspecified atom stereocenters. The molecule has 6 atom stereocenters. The van der Waals surface area contributed by atoms with E-state index in [1.807, 2.05) is 25.2 Å². The van der Waals surface area contributed by atoms with Gasteiger partial charge in [0.15, 0.2) is 0 Å². The highest BCUT2D eigenvalue weighted by atomic mass is 16.5. The Labute approximate surface area is 167 Å². The first kappa shape index (κ1) is 19.1. The highest BCUT2D eigenvalue weighted by Crippen LogP contribution is 2.36. The maximum atomic E-state index is 11.1. The zero-order valence-corrected chi connectivity index (χ0v) is 16.4. The molecule has 1 fully saturated rings. The number of unbranched alkanes of at least 4 members (excludes halogenated alkanes) is 1. The zero-order valence-electron chi connectivity index (χ0n) is 19.4. The van der Waals surface area contributed by atoms with Gasteiger partial charge in [0, 0.05) is 18.8 Å². The van der Waals surface area contributed by atoms with Gasteiger partial charge in [0.2, 0.25) is 4.29 Å². The highest BCUT2D eigenvalue weighted by Gasteiger charge is 2.39. The van der Waals surface area contributed by atoms with Gasteiger partial charge in [0.05, 0.1) is 31.5 Å². The van der Waals surface area contributed by atoms with E-state index in [9.17, 15) is 9.90 Å². The van der Waals surface area contributed by atoms with Crippen LogP contribution in [0.5, 0.6) is 0 Å². The fourth-order valence-electron chi connectivity index (χ4n) is 3.42. The van der Waals surface area contributed by atoms with E-state index in [0.29, 0.717) is 38.5 Å². The van der Waals surface area contributed by atoms with E-state index in [1.165, 1.54) is 7.11 Å². The smallest absolute Gasteiger partial charge is 0.305 e. The van der Waals surface area contributed by atoms with Gasteiger partial charge in [-0.25, -0.2) is 0 Å². The molecule has 27 heavy (non-hydrogen) atoms. The van der Waals surface area contributed by atoms with Crippen molar-refractivity contribution in [3.05, 3.63) is 24.3 Å². The summed E-state index contributed by atoms with van der Waals surface area (Å²) in [7, 11) is 1.37. The van der Waals surface area contributed by atoms with Gasteiger partial charge in [-0.3, -0.25) is 4.79 Å². The predicted molar refractivity (Wildman–Crippen MR) is 104 cm³/mol. The number of aliphatic hydroxyl groups excluding tert-OH is 4. The molecular weight excluding hydrogens is 348 g/mol. The molecule has 0 spiro atoms. The Balaban J connectivity index is 2.63. The van der Waals surface area contributed by atoms with Gasteiger partial charge < -0.3 is 25.2 Å². The molecule has 6 nitrogen and oxygen atoms in total. The van der Waals surface area contributed by atoms with Crippen LogP contribution in [0.4, 0.5) is 0 Å². The molecule has 0 aromatic rings. The first-order valence-electron chi connectivity index (χ1n) is 11.2. The minimum Gasteiger partial charge on any atom is -0.469 e. The number of allylic oxidation sites excluding steroid dienone is 2. The monoisotopic (exact) mass is 390 g/mol. The van der Waals surface area contributed by atoms with Crippen LogP contribution in [0.15, 0.2) is 24.3 Å². The van der Waals surface area contributed by atoms with E-state index in [4.69, 9.17) is 14.5 Å².